The Bertz CT molecular complexity index is 392. The summed E-state index contributed by atoms with van der Waals surface area (Å²) in [5, 5.41) is 0. The van der Waals surface area contributed by atoms with Crippen molar-refractivity contribution in [3.05, 3.63) is 29.6 Å². The maximum absolute atomic E-state index is 13.8. The Kier molecular flexibility index (Phi) is 2.69. The van der Waals surface area contributed by atoms with E-state index >= 15 is 0 Å². The van der Waals surface area contributed by atoms with Gasteiger partial charge in [-0.25, -0.2) is 4.39 Å². The Labute approximate surface area is 97.3 Å². The molecule has 1 nitrogen and oxygen atoms in total. The summed E-state index contributed by atoms with van der Waals surface area (Å²) in [7, 11) is 1.97. The number of hydrogen-bond acceptors (Lipinski definition) is 1. The van der Waals surface area contributed by atoms with Crippen LogP contribution in [0.3, 0.4) is 0 Å². The number of nitrogens with zero attached hydrogens (tertiary/aromatic N) is 1. The third-order valence-electron chi connectivity index (χ3n) is 3.57. The average Bonchev–Trinajstić information content (AvgIpc) is 2.16. The molecule has 0 saturated heterocycles. The summed E-state index contributed by atoms with van der Waals surface area (Å²) in [6, 6.07) is 5.45. The number of anilines is 1. The Hall–Kier alpha value is -1.05. The molecule has 0 aromatic heterocycles. The van der Waals surface area contributed by atoms with E-state index in [0.717, 1.165) is 18.7 Å². The van der Waals surface area contributed by atoms with Crippen LogP contribution in [0.15, 0.2) is 18.2 Å². The van der Waals surface area contributed by atoms with Crippen LogP contribution in [0.5, 0.6) is 0 Å². The quantitative estimate of drug-likeness (QED) is 0.644. The topological polar surface area (TPSA) is 3.24 Å². The van der Waals surface area contributed by atoms with E-state index < -0.39 is 0 Å². The first-order valence-corrected chi connectivity index (χ1v) is 5.91. The lowest BCUT2D eigenvalue weighted by Crippen LogP contribution is -2.33. The van der Waals surface area contributed by atoms with Crippen molar-refractivity contribution in [2.75, 3.05) is 18.5 Å². The Morgan fingerprint density at radius 2 is 2.00 bits per heavy atom. The fraction of sp³-hybridized carbons (Fsp3) is 0.571. The second-order valence-electron chi connectivity index (χ2n) is 5.81. The predicted octanol–water partition coefficient (Wildman–Crippen LogP) is 3.80. The number of hydrogen-bond donors (Lipinski definition) is 0. The molecule has 0 bridgehead atoms. The lowest BCUT2D eigenvalue weighted by atomic mass is 9.72. The molecule has 2 heteroatoms. The highest BCUT2D eigenvalue weighted by atomic mass is 19.1. The molecule has 1 aliphatic heterocycles. The largest absolute Gasteiger partial charge is 0.372 e. The third kappa shape index (κ3) is 1.81. The van der Waals surface area contributed by atoms with Gasteiger partial charge in [-0.05, 0) is 29.4 Å². The van der Waals surface area contributed by atoms with Gasteiger partial charge in [0.1, 0.15) is 5.82 Å². The van der Waals surface area contributed by atoms with Gasteiger partial charge in [-0.3, -0.25) is 0 Å². The fourth-order valence-electron chi connectivity index (χ4n) is 2.71. The number of para-hydroxylation sites is 1. The zero-order valence-corrected chi connectivity index (χ0v) is 10.5. The highest BCUT2D eigenvalue weighted by molar-refractivity contribution is 5.58. The van der Waals surface area contributed by atoms with E-state index in [9.17, 15) is 4.39 Å². The van der Waals surface area contributed by atoms with E-state index in [1.54, 1.807) is 6.07 Å². The molecule has 0 radical (unpaired) electrons. The predicted molar refractivity (Wildman–Crippen MR) is 66.5 cm³/mol. The van der Waals surface area contributed by atoms with Crippen molar-refractivity contribution in [1.82, 2.24) is 0 Å². The van der Waals surface area contributed by atoms with Crippen LogP contribution in [0.25, 0.3) is 0 Å². The second-order valence-corrected chi connectivity index (χ2v) is 5.81. The smallest absolute Gasteiger partial charge is 0.146 e. The lowest BCUT2D eigenvalue weighted by molar-refractivity contribution is 0.299. The van der Waals surface area contributed by atoms with Crippen molar-refractivity contribution in [1.29, 1.82) is 0 Å². The first-order valence-electron chi connectivity index (χ1n) is 5.91. The van der Waals surface area contributed by atoms with Gasteiger partial charge in [-0.2, -0.15) is 0 Å². The van der Waals surface area contributed by atoms with Crippen molar-refractivity contribution < 1.29 is 4.39 Å². The summed E-state index contributed by atoms with van der Waals surface area (Å²) in [6.07, 6.45) is 1.11. The molecule has 1 aromatic rings. The molecule has 88 valence electrons. The van der Waals surface area contributed by atoms with Crippen LogP contribution in [0.1, 0.15) is 38.7 Å². The molecule has 1 heterocycles. The zero-order valence-electron chi connectivity index (χ0n) is 10.5. The van der Waals surface area contributed by atoms with Crippen molar-refractivity contribution in [2.45, 2.75) is 33.1 Å². The first kappa shape index (κ1) is 11.4. The van der Waals surface area contributed by atoms with Gasteiger partial charge in [0.25, 0.3) is 0 Å². The van der Waals surface area contributed by atoms with Crippen LogP contribution in [0.4, 0.5) is 10.1 Å². The normalized spacial score (nSPS) is 20.8. The van der Waals surface area contributed by atoms with Crippen LogP contribution in [-0.4, -0.2) is 13.6 Å². The van der Waals surface area contributed by atoms with Crippen LogP contribution in [0, 0.1) is 11.2 Å². The van der Waals surface area contributed by atoms with E-state index in [0.29, 0.717) is 5.92 Å². The summed E-state index contributed by atoms with van der Waals surface area (Å²) in [5.41, 5.74) is 2.17. The minimum Gasteiger partial charge on any atom is -0.372 e. The van der Waals surface area contributed by atoms with Crippen LogP contribution < -0.4 is 4.90 Å². The Balaban J connectivity index is 2.53. The standard InChI is InChI=1S/C14H20FN/c1-14(2,3)11-8-9-16(4)13-10(11)6-5-7-12(13)15/h5-7,11H,8-9H2,1-4H3. The van der Waals surface area contributed by atoms with Gasteiger partial charge >= 0.3 is 0 Å². The lowest BCUT2D eigenvalue weighted by Gasteiger charge is -2.40. The van der Waals surface area contributed by atoms with Gasteiger partial charge in [0, 0.05) is 13.6 Å². The van der Waals surface area contributed by atoms with E-state index in [-0.39, 0.29) is 11.2 Å². The summed E-state index contributed by atoms with van der Waals surface area (Å²) in [5.74, 6) is 0.364. The second kappa shape index (κ2) is 3.76. The van der Waals surface area contributed by atoms with Crippen molar-refractivity contribution in [2.24, 2.45) is 5.41 Å². The van der Waals surface area contributed by atoms with E-state index in [1.165, 1.54) is 5.56 Å². The van der Waals surface area contributed by atoms with E-state index in [4.69, 9.17) is 0 Å². The molecule has 2 rings (SSSR count). The fourth-order valence-corrected chi connectivity index (χ4v) is 2.71. The molecule has 0 aliphatic carbocycles. The van der Waals surface area contributed by atoms with Gasteiger partial charge in [0.05, 0.1) is 5.69 Å². The minimum atomic E-state index is -0.0889. The number of benzene rings is 1. The highest BCUT2D eigenvalue weighted by Crippen LogP contribution is 2.45. The van der Waals surface area contributed by atoms with Gasteiger partial charge < -0.3 is 4.90 Å². The molecule has 0 saturated carbocycles. The number of halogens is 1. The molecule has 0 amide bonds. The third-order valence-corrected chi connectivity index (χ3v) is 3.57. The first-order chi connectivity index (χ1) is 7.41. The average molecular weight is 221 g/mol. The molecule has 16 heavy (non-hydrogen) atoms. The SMILES string of the molecule is CN1CCC(C(C)(C)C)c2cccc(F)c21. The van der Waals surface area contributed by atoms with Crippen LogP contribution >= 0.6 is 0 Å². The number of fused-ring (bicyclic) bond motifs is 1. The molecule has 1 aliphatic rings. The maximum Gasteiger partial charge on any atom is 0.146 e. The minimum absolute atomic E-state index is 0.0889. The van der Waals surface area contributed by atoms with Gasteiger partial charge in [0.15, 0.2) is 0 Å². The molecule has 1 aromatic carbocycles. The van der Waals surface area contributed by atoms with Crippen molar-refractivity contribution >= 4 is 5.69 Å². The van der Waals surface area contributed by atoms with Crippen molar-refractivity contribution in [3.63, 3.8) is 0 Å². The van der Waals surface area contributed by atoms with E-state index in [2.05, 4.69) is 26.8 Å². The van der Waals surface area contributed by atoms with Gasteiger partial charge in [-0.15, -0.1) is 0 Å². The monoisotopic (exact) mass is 221 g/mol. The molecular formula is C14H20FN. The number of rotatable bonds is 0. The zero-order chi connectivity index (χ0) is 11.9. The highest BCUT2D eigenvalue weighted by Gasteiger charge is 2.33. The molecule has 1 unspecified atom stereocenters. The summed E-state index contributed by atoms with van der Waals surface area (Å²) in [6.45, 7) is 7.64. The summed E-state index contributed by atoms with van der Waals surface area (Å²) in [4.78, 5) is 2.03. The van der Waals surface area contributed by atoms with Crippen LogP contribution in [-0.2, 0) is 0 Å². The Morgan fingerprint density at radius 1 is 1.31 bits per heavy atom. The van der Waals surface area contributed by atoms with E-state index in [1.807, 2.05) is 18.0 Å². The maximum atomic E-state index is 13.8. The van der Waals surface area contributed by atoms with Crippen LogP contribution in [0.2, 0.25) is 0 Å². The van der Waals surface area contributed by atoms with Gasteiger partial charge in [0.2, 0.25) is 0 Å². The molecule has 1 atom stereocenters. The summed E-state index contributed by atoms with van der Waals surface area (Å²) < 4.78 is 13.8. The molecule has 0 fully saturated rings. The summed E-state index contributed by atoms with van der Waals surface area (Å²) >= 11 is 0. The Morgan fingerprint density at radius 3 is 2.62 bits per heavy atom. The van der Waals surface area contributed by atoms with Gasteiger partial charge in [-0.1, -0.05) is 32.9 Å². The molecule has 0 N–H and O–H groups in total. The molecule has 0 spiro atoms. The molecular weight excluding hydrogens is 201 g/mol. The van der Waals surface area contributed by atoms with Crippen molar-refractivity contribution in [3.8, 4) is 0 Å².